The quantitative estimate of drug-likeness (QED) is 0.750. The van der Waals surface area contributed by atoms with Crippen LogP contribution in [0.15, 0.2) is 60.7 Å². The highest BCUT2D eigenvalue weighted by Gasteiger charge is 2.41. The monoisotopic (exact) mass is 359 g/mol. The number of halogens is 1. The molecule has 1 N–H and O–H groups in total. The van der Waals surface area contributed by atoms with E-state index in [-0.39, 0.29) is 10.2 Å². The molecule has 0 unspecified atom stereocenters. The van der Waals surface area contributed by atoms with E-state index in [0.717, 1.165) is 5.02 Å². The molecule has 2 aliphatic heterocycles. The van der Waals surface area contributed by atoms with Crippen LogP contribution in [0.1, 0.15) is 23.6 Å². The van der Waals surface area contributed by atoms with E-state index in [1.165, 1.54) is 34.6 Å². The Balaban J connectivity index is 1.75. The minimum atomic E-state index is 0.00767. The summed E-state index contributed by atoms with van der Waals surface area (Å²) in [5, 5.41) is 4.67. The van der Waals surface area contributed by atoms with Crippen molar-refractivity contribution in [2.24, 2.45) is 0 Å². The summed E-state index contributed by atoms with van der Waals surface area (Å²) in [5.74, 6) is 2.43. The van der Waals surface area contributed by atoms with Crippen LogP contribution in [0, 0.1) is 0 Å². The van der Waals surface area contributed by atoms with E-state index in [4.69, 9.17) is 11.6 Å². The number of benzene rings is 2. The second-order valence-corrected chi connectivity index (χ2v) is 9.19. The molecule has 1 spiro atoms. The Hall–Kier alpha value is -0.870. The van der Waals surface area contributed by atoms with Crippen LogP contribution in [0.5, 0.6) is 0 Å². The molecule has 118 valence electrons. The molecule has 2 aromatic rings. The molecule has 0 radical (unpaired) electrons. The maximum atomic E-state index is 6.07. The first-order valence-corrected chi connectivity index (χ1v) is 10.2. The number of thioether (sulfide) groups is 2. The van der Waals surface area contributed by atoms with Gasteiger partial charge in [0.1, 0.15) is 4.20 Å². The highest BCUT2D eigenvalue weighted by molar-refractivity contribution is 8.19. The van der Waals surface area contributed by atoms with Crippen LogP contribution in [0.3, 0.4) is 0 Å². The molecular formula is C19H18ClNS2. The predicted octanol–water partition coefficient (Wildman–Crippen LogP) is 5.59. The zero-order valence-corrected chi connectivity index (χ0v) is 15.1. The maximum Gasteiger partial charge on any atom is 0.132 e. The summed E-state index contributed by atoms with van der Waals surface area (Å²) in [6.07, 6.45) is 3.73. The minimum Gasteiger partial charge on any atom is -0.280 e. The summed E-state index contributed by atoms with van der Waals surface area (Å²) in [7, 11) is 0. The van der Waals surface area contributed by atoms with Gasteiger partial charge in [0.15, 0.2) is 0 Å². The van der Waals surface area contributed by atoms with Gasteiger partial charge in [-0.1, -0.05) is 54.1 Å². The van der Waals surface area contributed by atoms with Crippen LogP contribution >= 0.6 is 35.1 Å². The van der Waals surface area contributed by atoms with Crippen molar-refractivity contribution in [3.8, 4) is 0 Å². The lowest BCUT2D eigenvalue weighted by atomic mass is 9.95. The number of hydrogen-bond acceptors (Lipinski definition) is 3. The molecule has 23 heavy (non-hydrogen) atoms. The molecule has 0 saturated carbocycles. The Morgan fingerprint density at radius 1 is 0.957 bits per heavy atom. The van der Waals surface area contributed by atoms with Crippen molar-refractivity contribution in [2.75, 3.05) is 11.5 Å². The van der Waals surface area contributed by atoms with E-state index in [1.54, 1.807) is 0 Å². The van der Waals surface area contributed by atoms with Gasteiger partial charge in [0, 0.05) is 5.02 Å². The Bertz CT molecular complexity index is 706. The van der Waals surface area contributed by atoms with E-state index < -0.39 is 0 Å². The van der Waals surface area contributed by atoms with Crippen molar-refractivity contribution < 1.29 is 0 Å². The average Bonchev–Trinajstić information content (AvgIpc) is 2.96. The van der Waals surface area contributed by atoms with Crippen LogP contribution in [-0.2, 0) is 0 Å². The van der Waals surface area contributed by atoms with Crippen LogP contribution in [0.4, 0.5) is 0 Å². The third-order valence-corrected chi connectivity index (χ3v) is 7.51. The SMILES string of the molecule is Clc1ccc([C@@H]2NC3(C=C2c2ccccc2)SCCCS3)cc1. The fourth-order valence-electron chi connectivity index (χ4n) is 3.12. The van der Waals surface area contributed by atoms with Crippen molar-refractivity contribution in [3.63, 3.8) is 0 Å². The standard InChI is InChI=1S/C19H18ClNS2/c20-16-9-7-15(8-10-16)18-17(14-5-2-1-3-6-14)13-19(21-18)22-11-4-12-23-19/h1-3,5-10,13,18,21H,4,11-12H2/t18-/m0/s1. The first-order valence-electron chi connectivity index (χ1n) is 7.85. The Labute approximate surface area is 150 Å². The van der Waals surface area contributed by atoms with Crippen molar-refractivity contribution in [1.29, 1.82) is 0 Å². The van der Waals surface area contributed by atoms with E-state index in [9.17, 15) is 0 Å². The summed E-state index contributed by atoms with van der Waals surface area (Å²) in [6, 6.07) is 19.1. The van der Waals surface area contributed by atoms with Gasteiger partial charge in [0.2, 0.25) is 0 Å². The molecule has 0 aromatic heterocycles. The predicted molar refractivity (Wildman–Crippen MR) is 104 cm³/mol. The molecular weight excluding hydrogens is 342 g/mol. The van der Waals surface area contributed by atoms with Gasteiger partial charge in [-0.25, -0.2) is 0 Å². The molecule has 4 heteroatoms. The van der Waals surface area contributed by atoms with Gasteiger partial charge in [-0.3, -0.25) is 5.32 Å². The second kappa shape index (κ2) is 6.56. The number of hydrogen-bond donors (Lipinski definition) is 1. The first-order chi connectivity index (χ1) is 11.3. The topological polar surface area (TPSA) is 12.0 Å². The largest absolute Gasteiger partial charge is 0.280 e. The fourth-order valence-corrected chi connectivity index (χ4v) is 6.27. The molecule has 4 rings (SSSR count). The molecule has 1 saturated heterocycles. The molecule has 2 aliphatic rings. The summed E-state index contributed by atoms with van der Waals surface area (Å²) in [6.45, 7) is 0. The molecule has 0 amide bonds. The Morgan fingerprint density at radius 3 is 2.35 bits per heavy atom. The Kier molecular flexibility index (Phi) is 4.46. The van der Waals surface area contributed by atoms with E-state index in [2.05, 4.69) is 53.9 Å². The van der Waals surface area contributed by atoms with Crippen molar-refractivity contribution >= 4 is 40.7 Å². The lowest BCUT2D eigenvalue weighted by Gasteiger charge is -2.32. The lowest BCUT2D eigenvalue weighted by Crippen LogP contribution is -2.37. The molecule has 2 heterocycles. The summed E-state index contributed by atoms with van der Waals surface area (Å²) >= 11 is 10.1. The van der Waals surface area contributed by atoms with E-state index in [0.29, 0.717) is 0 Å². The van der Waals surface area contributed by atoms with Crippen LogP contribution in [0.2, 0.25) is 5.02 Å². The summed E-state index contributed by atoms with van der Waals surface area (Å²) in [4.78, 5) is 0. The number of rotatable bonds is 2. The smallest absolute Gasteiger partial charge is 0.132 e. The van der Waals surface area contributed by atoms with Crippen LogP contribution in [-0.4, -0.2) is 15.7 Å². The molecule has 2 aromatic carbocycles. The zero-order chi connectivity index (χ0) is 15.7. The highest BCUT2D eigenvalue weighted by atomic mass is 35.5. The van der Waals surface area contributed by atoms with Gasteiger partial charge < -0.3 is 0 Å². The van der Waals surface area contributed by atoms with Crippen molar-refractivity contribution in [3.05, 3.63) is 76.8 Å². The van der Waals surface area contributed by atoms with Crippen molar-refractivity contribution in [2.45, 2.75) is 16.7 Å². The molecule has 1 atom stereocenters. The fraction of sp³-hybridized carbons (Fsp3) is 0.263. The lowest BCUT2D eigenvalue weighted by molar-refractivity contribution is 0.666. The second-order valence-electron chi connectivity index (χ2n) is 5.81. The first kappa shape index (κ1) is 15.6. The molecule has 0 bridgehead atoms. The Morgan fingerprint density at radius 2 is 1.65 bits per heavy atom. The van der Waals surface area contributed by atoms with E-state index >= 15 is 0 Å². The molecule has 0 aliphatic carbocycles. The third-order valence-electron chi connectivity index (χ3n) is 4.23. The molecule has 1 fully saturated rings. The third kappa shape index (κ3) is 3.20. The van der Waals surface area contributed by atoms with Gasteiger partial charge in [0.05, 0.1) is 6.04 Å². The van der Waals surface area contributed by atoms with E-state index in [1.807, 2.05) is 35.7 Å². The van der Waals surface area contributed by atoms with Gasteiger partial charge >= 0.3 is 0 Å². The van der Waals surface area contributed by atoms with Gasteiger partial charge in [0.25, 0.3) is 0 Å². The number of nitrogens with one attached hydrogen (secondary N) is 1. The van der Waals surface area contributed by atoms with Gasteiger partial charge in [-0.15, -0.1) is 23.5 Å². The highest BCUT2D eigenvalue weighted by Crippen LogP contribution is 2.51. The average molecular weight is 360 g/mol. The molecule has 1 nitrogen and oxygen atoms in total. The summed E-state index contributed by atoms with van der Waals surface area (Å²) in [5.41, 5.74) is 3.94. The van der Waals surface area contributed by atoms with Gasteiger partial charge in [-0.05, 0) is 52.8 Å². The zero-order valence-electron chi connectivity index (χ0n) is 12.7. The maximum absolute atomic E-state index is 6.07. The van der Waals surface area contributed by atoms with Crippen molar-refractivity contribution in [1.82, 2.24) is 5.32 Å². The van der Waals surface area contributed by atoms with Gasteiger partial charge in [-0.2, -0.15) is 0 Å². The minimum absolute atomic E-state index is 0.00767. The normalized spacial score (nSPS) is 23.0. The van der Waals surface area contributed by atoms with Crippen LogP contribution < -0.4 is 5.32 Å². The summed E-state index contributed by atoms with van der Waals surface area (Å²) < 4.78 is 0.00767. The van der Waals surface area contributed by atoms with Crippen LogP contribution in [0.25, 0.3) is 5.57 Å².